The number of amides is 2. The number of oxazole rings is 1. The summed E-state index contributed by atoms with van der Waals surface area (Å²) in [5, 5.41) is 2.23. The fourth-order valence-electron chi connectivity index (χ4n) is 2.23. The van der Waals surface area contributed by atoms with E-state index in [4.69, 9.17) is 4.42 Å². The number of nitrogens with one attached hydrogen (secondary N) is 1. The Morgan fingerprint density at radius 3 is 2.84 bits per heavy atom. The molecule has 2 heterocycles. The highest BCUT2D eigenvalue weighted by Crippen LogP contribution is 2.25. The number of carbonyl (C=O) groups excluding carboxylic acids is 2. The lowest BCUT2D eigenvalue weighted by Crippen LogP contribution is -2.43. The van der Waals surface area contributed by atoms with Gasteiger partial charge >= 0.3 is 5.76 Å². The minimum absolute atomic E-state index is 0.212. The average molecular weight is 325 g/mol. The van der Waals surface area contributed by atoms with Crippen LogP contribution in [-0.4, -0.2) is 16.4 Å². The first-order valence-corrected chi connectivity index (χ1v) is 6.50. The quantitative estimate of drug-likeness (QED) is 0.802. The summed E-state index contributed by atoms with van der Waals surface area (Å²) in [6, 6.07) is 4.41. The Morgan fingerprint density at radius 2 is 2.11 bits per heavy atom. The molecule has 7 heteroatoms. The molecule has 98 valence electrons. The minimum atomic E-state index is -0.708. The molecule has 2 aromatic rings. The predicted molar refractivity (Wildman–Crippen MR) is 69.6 cm³/mol. The molecule has 6 nitrogen and oxygen atoms in total. The number of carbonyl (C=O) groups is 2. The van der Waals surface area contributed by atoms with Crippen molar-refractivity contribution in [1.29, 1.82) is 0 Å². The second-order valence-corrected chi connectivity index (χ2v) is 5.23. The summed E-state index contributed by atoms with van der Waals surface area (Å²) in [6.45, 7) is 0. The number of hydrogen-bond acceptors (Lipinski definition) is 4. The van der Waals surface area contributed by atoms with Crippen LogP contribution in [0.4, 0.5) is 0 Å². The van der Waals surface area contributed by atoms with Gasteiger partial charge in [-0.2, -0.15) is 0 Å². The van der Waals surface area contributed by atoms with Crippen molar-refractivity contribution in [2.45, 2.75) is 18.9 Å². The lowest BCUT2D eigenvalue weighted by atomic mass is 10.1. The SMILES string of the molecule is O=C1CCC(n2c(=O)oc3ccc(Br)cc32)C(=O)N1. The first kappa shape index (κ1) is 12.2. The van der Waals surface area contributed by atoms with Crippen LogP contribution in [0.3, 0.4) is 0 Å². The smallest absolute Gasteiger partial charge is 0.408 e. The van der Waals surface area contributed by atoms with Crippen molar-refractivity contribution in [2.24, 2.45) is 0 Å². The van der Waals surface area contributed by atoms with Gasteiger partial charge in [-0.15, -0.1) is 0 Å². The molecule has 0 radical (unpaired) electrons. The van der Waals surface area contributed by atoms with E-state index in [-0.39, 0.29) is 12.3 Å². The van der Waals surface area contributed by atoms with E-state index in [1.165, 1.54) is 4.57 Å². The first-order valence-electron chi connectivity index (χ1n) is 5.70. The second-order valence-electron chi connectivity index (χ2n) is 4.32. The summed E-state index contributed by atoms with van der Waals surface area (Å²) in [5.74, 6) is -1.38. The number of rotatable bonds is 1. The first-order chi connectivity index (χ1) is 9.06. The van der Waals surface area contributed by atoms with Gasteiger partial charge in [0.15, 0.2) is 5.58 Å². The van der Waals surface area contributed by atoms with E-state index in [0.717, 1.165) is 4.47 Å². The van der Waals surface area contributed by atoms with Gasteiger partial charge in [-0.1, -0.05) is 15.9 Å². The van der Waals surface area contributed by atoms with Gasteiger partial charge in [-0.05, 0) is 24.6 Å². The third kappa shape index (κ3) is 1.99. The van der Waals surface area contributed by atoms with Gasteiger partial charge in [0.2, 0.25) is 11.8 Å². The zero-order valence-electron chi connectivity index (χ0n) is 9.68. The summed E-state index contributed by atoms with van der Waals surface area (Å²) in [7, 11) is 0. The molecule has 1 aliphatic heterocycles. The number of benzene rings is 1. The van der Waals surface area contributed by atoms with Gasteiger partial charge in [0.25, 0.3) is 0 Å². The van der Waals surface area contributed by atoms with Crippen molar-refractivity contribution in [3.63, 3.8) is 0 Å². The highest BCUT2D eigenvalue weighted by Gasteiger charge is 2.31. The Morgan fingerprint density at radius 1 is 1.32 bits per heavy atom. The van der Waals surface area contributed by atoms with Gasteiger partial charge in [0.1, 0.15) is 6.04 Å². The number of fused-ring (bicyclic) bond motifs is 1. The summed E-state index contributed by atoms with van der Waals surface area (Å²) >= 11 is 3.31. The molecular formula is C12H9BrN2O4. The molecule has 1 aliphatic rings. The van der Waals surface area contributed by atoms with E-state index < -0.39 is 17.7 Å². The molecule has 1 saturated heterocycles. The Balaban J connectivity index is 2.17. The number of aromatic nitrogens is 1. The number of nitrogens with zero attached hydrogens (tertiary/aromatic N) is 1. The standard InChI is InChI=1S/C12H9BrN2O4/c13-6-1-3-9-8(5-6)15(12(18)19-9)7-2-4-10(16)14-11(7)17/h1,3,5,7H,2,4H2,(H,14,16,17). The van der Waals surface area contributed by atoms with Gasteiger partial charge < -0.3 is 4.42 Å². The van der Waals surface area contributed by atoms with E-state index in [0.29, 0.717) is 17.5 Å². The maximum Gasteiger partial charge on any atom is 0.420 e. The fraction of sp³-hybridized carbons (Fsp3) is 0.250. The van der Waals surface area contributed by atoms with Crippen LogP contribution in [0.5, 0.6) is 0 Å². The van der Waals surface area contributed by atoms with Crippen LogP contribution in [0, 0.1) is 0 Å². The molecule has 2 amide bonds. The summed E-state index contributed by atoms with van der Waals surface area (Å²) in [5.41, 5.74) is 0.951. The topological polar surface area (TPSA) is 81.3 Å². The summed E-state index contributed by atoms with van der Waals surface area (Å²) in [6.07, 6.45) is 0.509. The van der Waals surface area contributed by atoms with Gasteiger partial charge in [0.05, 0.1) is 5.52 Å². The maximum atomic E-state index is 11.9. The van der Waals surface area contributed by atoms with Crippen molar-refractivity contribution < 1.29 is 14.0 Å². The maximum absolute atomic E-state index is 11.9. The molecule has 1 unspecified atom stereocenters. The zero-order valence-corrected chi connectivity index (χ0v) is 11.3. The van der Waals surface area contributed by atoms with E-state index in [2.05, 4.69) is 21.2 Å². The summed E-state index contributed by atoms with van der Waals surface area (Å²) < 4.78 is 7.18. The van der Waals surface area contributed by atoms with Crippen molar-refractivity contribution in [3.05, 3.63) is 33.2 Å². The molecule has 1 aromatic carbocycles. The van der Waals surface area contributed by atoms with Crippen molar-refractivity contribution in [3.8, 4) is 0 Å². The molecule has 1 atom stereocenters. The van der Waals surface area contributed by atoms with E-state index in [9.17, 15) is 14.4 Å². The summed E-state index contributed by atoms with van der Waals surface area (Å²) in [4.78, 5) is 34.9. The number of hydrogen-bond donors (Lipinski definition) is 1. The zero-order chi connectivity index (χ0) is 13.6. The largest absolute Gasteiger partial charge is 0.420 e. The number of piperidine rings is 1. The Hall–Kier alpha value is -1.89. The second kappa shape index (κ2) is 4.34. The third-order valence-electron chi connectivity index (χ3n) is 3.10. The molecular weight excluding hydrogens is 316 g/mol. The lowest BCUT2D eigenvalue weighted by Gasteiger charge is -2.21. The van der Waals surface area contributed by atoms with Crippen LogP contribution in [0.25, 0.3) is 11.1 Å². The van der Waals surface area contributed by atoms with Gasteiger partial charge in [0, 0.05) is 10.9 Å². The van der Waals surface area contributed by atoms with Crippen LogP contribution in [0.1, 0.15) is 18.9 Å². The molecule has 0 saturated carbocycles. The van der Waals surface area contributed by atoms with Crippen LogP contribution < -0.4 is 11.1 Å². The predicted octanol–water partition coefficient (Wildman–Crippen LogP) is 1.33. The third-order valence-corrected chi connectivity index (χ3v) is 3.59. The minimum Gasteiger partial charge on any atom is -0.408 e. The molecule has 0 aliphatic carbocycles. The van der Waals surface area contributed by atoms with Crippen LogP contribution in [-0.2, 0) is 9.59 Å². The molecule has 19 heavy (non-hydrogen) atoms. The van der Waals surface area contributed by atoms with E-state index >= 15 is 0 Å². The molecule has 3 rings (SSSR count). The average Bonchev–Trinajstić information content (AvgIpc) is 2.65. The van der Waals surface area contributed by atoms with Crippen molar-refractivity contribution in [2.75, 3.05) is 0 Å². The number of halogens is 1. The Bertz CT molecular complexity index is 746. The highest BCUT2D eigenvalue weighted by molar-refractivity contribution is 9.10. The lowest BCUT2D eigenvalue weighted by molar-refractivity contribution is -0.135. The number of imide groups is 1. The van der Waals surface area contributed by atoms with Crippen LogP contribution in [0.2, 0.25) is 0 Å². The van der Waals surface area contributed by atoms with Gasteiger partial charge in [-0.3, -0.25) is 19.5 Å². The molecule has 0 spiro atoms. The monoisotopic (exact) mass is 324 g/mol. The molecule has 0 bridgehead atoms. The fourth-order valence-corrected chi connectivity index (χ4v) is 2.58. The van der Waals surface area contributed by atoms with Crippen LogP contribution in [0.15, 0.2) is 31.9 Å². The Kier molecular flexibility index (Phi) is 2.78. The van der Waals surface area contributed by atoms with Crippen molar-refractivity contribution >= 4 is 38.8 Å². The molecule has 1 fully saturated rings. The highest BCUT2D eigenvalue weighted by atomic mass is 79.9. The van der Waals surface area contributed by atoms with E-state index in [1.54, 1.807) is 18.2 Å². The molecule has 1 aromatic heterocycles. The van der Waals surface area contributed by atoms with Crippen LogP contribution >= 0.6 is 15.9 Å². The molecule has 1 N–H and O–H groups in total. The van der Waals surface area contributed by atoms with Gasteiger partial charge in [-0.25, -0.2) is 4.79 Å². The normalized spacial score (nSPS) is 19.7. The Labute approximate surface area is 115 Å². The van der Waals surface area contributed by atoms with Crippen molar-refractivity contribution in [1.82, 2.24) is 9.88 Å². The van der Waals surface area contributed by atoms with E-state index in [1.807, 2.05) is 0 Å².